The Balaban J connectivity index is 1.60. The molecule has 0 unspecified atom stereocenters. The van der Waals surface area contributed by atoms with Gasteiger partial charge in [0.15, 0.2) is 0 Å². The lowest BCUT2D eigenvalue weighted by Crippen LogP contribution is -2.28. The Morgan fingerprint density at radius 1 is 1.03 bits per heavy atom. The average molecular weight is 459 g/mol. The van der Waals surface area contributed by atoms with Gasteiger partial charge in [0.25, 0.3) is 0 Å². The number of aliphatic hydroxyl groups excluding tert-OH is 1. The van der Waals surface area contributed by atoms with E-state index in [1.165, 1.54) is 59.9 Å². The maximum absolute atomic E-state index is 11.9. The van der Waals surface area contributed by atoms with Gasteiger partial charge in [-0.25, -0.2) is 4.79 Å². The molecule has 3 heterocycles. The number of hydrogen-bond donors (Lipinski definition) is 2. The molecule has 0 amide bonds. The van der Waals surface area contributed by atoms with Crippen LogP contribution in [0.3, 0.4) is 0 Å². The Labute approximate surface area is 201 Å². The number of carboxylic acid groups (broad SMARTS) is 1. The van der Waals surface area contributed by atoms with Crippen LogP contribution in [0.2, 0.25) is 0 Å². The lowest BCUT2D eigenvalue weighted by molar-refractivity contribution is 0.0697. The van der Waals surface area contributed by atoms with E-state index in [0.29, 0.717) is 23.4 Å². The van der Waals surface area contributed by atoms with E-state index in [0.717, 1.165) is 38.0 Å². The maximum atomic E-state index is 11.9. The molecular formula is C29H34N2O3. The first kappa shape index (κ1) is 21.9. The molecule has 2 aliphatic heterocycles. The Morgan fingerprint density at radius 3 is 2.65 bits per heavy atom. The number of aliphatic hydroxyl groups is 1. The number of carboxylic acids is 1. The molecule has 3 aliphatic rings. The third-order valence-corrected chi connectivity index (χ3v) is 8.55. The van der Waals surface area contributed by atoms with Gasteiger partial charge >= 0.3 is 5.97 Å². The minimum atomic E-state index is -0.861. The molecule has 0 bridgehead atoms. The summed E-state index contributed by atoms with van der Waals surface area (Å²) in [4.78, 5) is 14.4. The Hall–Kier alpha value is -2.63. The third kappa shape index (κ3) is 3.48. The second kappa shape index (κ2) is 8.86. The number of fused-ring (bicyclic) bond motifs is 7. The van der Waals surface area contributed by atoms with E-state index in [-0.39, 0.29) is 6.61 Å². The largest absolute Gasteiger partial charge is 0.478 e. The number of nitrogens with zero attached hydrogens (tertiary/aromatic N) is 2. The Bertz CT molecular complexity index is 1220. The summed E-state index contributed by atoms with van der Waals surface area (Å²) in [6.45, 7) is 3.11. The molecule has 1 aromatic heterocycles. The molecule has 1 saturated heterocycles. The van der Waals surface area contributed by atoms with E-state index in [9.17, 15) is 15.0 Å². The van der Waals surface area contributed by atoms with Gasteiger partial charge in [0.05, 0.1) is 11.3 Å². The summed E-state index contributed by atoms with van der Waals surface area (Å²) >= 11 is 0. The van der Waals surface area contributed by atoms with Crippen molar-refractivity contribution in [2.45, 2.75) is 63.5 Å². The quantitative estimate of drug-likeness (QED) is 0.506. The second-order valence-electron chi connectivity index (χ2n) is 10.4. The number of benzene rings is 2. The van der Waals surface area contributed by atoms with Crippen LogP contribution in [0, 0.1) is 5.92 Å². The number of aromatic nitrogens is 1. The van der Waals surface area contributed by atoms with Crippen molar-refractivity contribution in [3.8, 4) is 11.3 Å². The maximum Gasteiger partial charge on any atom is 0.335 e. The van der Waals surface area contributed by atoms with Crippen LogP contribution in [0.4, 0.5) is 0 Å². The van der Waals surface area contributed by atoms with Crippen molar-refractivity contribution in [3.63, 3.8) is 0 Å². The van der Waals surface area contributed by atoms with Gasteiger partial charge in [-0.05, 0) is 67.3 Å². The van der Waals surface area contributed by atoms with E-state index in [1.54, 1.807) is 6.07 Å². The van der Waals surface area contributed by atoms with Crippen molar-refractivity contribution in [2.24, 2.45) is 5.92 Å². The third-order valence-electron chi connectivity index (χ3n) is 8.55. The molecule has 2 atom stereocenters. The number of likely N-dealkylation sites (tertiary alicyclic amines) is 1. The molecule has 5 heteroatoms. The van der Waals surface area contributed by atoms with Crippen molar-refractivity contribution in [2.75, 3.05) is 19.7 Å². The number of rotatable bonds is 5. The summed E-state index contributed by atoms with van der Waals surface area (Å²) < 4.78 is 2.48. The molecule has 1 saturated carbocycles. The number of carbonyl (C=O) groups is 1. The number of aromatic carboxylic acids is 1. The lowest BCUT2D eigenvalue weighted by Gasteiger charge is -2.29. The Kier molecular flexibility index (Phi) is 5.70. The van der Waals surface area contributed by atoms with E-state index in [2.05, 4.69) is 39.8 Å². The predicted octanol–water partition coefficient (Wildman–Crippen LogP) is 5.81. The van der Waals surface area contributed by atoms with Crippen LogP contribution in [0.1, 0.15) is 78.4 Å². The first-order chi connectivity index (χ1) is 16.7. The smallest absolute Gasteiger partial charge is 0.335 e. The molecule has 6 rings (SSSR count). The highest BCUT2D eigenvalue weighted by molar-refractivity contribution is 5.98. The summed E-state index contributed by atoms with van der Waals surface area (Å²) in [6, 6.07) is 15.0. The summed E-state index contributed by atoms with van der Waals surface area (Å²) in [5, 5.41) is 20.5. The molecule has 2 aromatic carbocycles. The van der Waals surface area contributed by atoms with E-state index < -0.39 is 5.97 Å². The SMILES string of the molecule is O=C(O)c1ccc2c(C3CCCCC3)c3n(c2c1)C[C@@H]1CCN(CCCO)[C@H]1c1ccccc1-3. The van der Waals surface area contributed by atoms with Gasteiger partial charge in [0.1, 0.15) is 0 Å². The molecule has 178 valence electrons. The normalized spacial score (nSPS) is 22.9. The van der Waals surface area contributed by atoms with Crippen LogP contribution in [-0.2, 0) is 6.54 Å². The van der Waals surface area contributed by atoms with Crippen LogP contribution in [0.15, 0.2) is 42.5 Å². The van der Waals surface area contributed by atoms with E-state index in [4.69, 9.17) is 0 Å². The fourth-order valence-electron chi connectivity index (χ4n) is 7.09. The van der Waals surface area contributed by atoms with Gasteiger partial charge in [0.2, 0.25) is 0 Å². The van der Waals surface area contributed by atoms with Crippen molar-refractivity contribution in [3.05, 3.63) is 59.2 Å². The van der Waals surface area contributed by atoms with Gasteiger partial charge in [-0.1, -0.05) is 49.6 Å². The molecule has 0 radical (unpaired) electrons. The molecule has 34 heavy (non-hydrogen) atoms. The Morgan fingerprint density at radius 2 is 1.85 bits per heavy atom. The first-order valence-corrected chi connectivity index (χ1v) is 13.0. The highest BCUT2D eigenvalue weighted by Crippen LogP contribution is 2.51. The summed E-state index contributed by atoms with van der Waals surface area (Å²) in [5.41, 5.74) is 6.95. The fourth-order valence-corrected chi connectivity index (χ4v) is 7.09. The van der Waals surface area contributed by atoms with Crippen LogP contribution >= 0.6 is 0 Å². The number of hydrogen-bond acceptors (Lipinski definition) is 3. The average Bonchev–Trinajstić information content (AvgIpc) is 3.37. The fraction of sp³-hybridized carbons (Fsp3) is 0.483. The van der Waals surface area contributed by atoms with Gasteiger partial charge < -0.3 is 14.8 Å². The molecule has 2 N–H and O–H groups in total. The van der Waals surface area contributed by atoms with Gasteiger partial charge in [-0.3, -0.25) is 4.90 Å². The zero-order valence-corrected chi connectivity index (χ0v) is 19.7. The zero-order chi connectivity index (χ0) is 23.2. The molecule has 3 aromatic rings. The van der Waals surface area contributed by atoms with Crippen molar-refractivity contribution < 1.29 is 15.0 Å². The van der Waals surface area contributed by atoms with E-state index in [1.807, 2.05) is 6.07 Å². The molecule has 2 fully saturated rings. The summed E-state index contributed by atoms with van der Waals surface area (Å²) in [7, 11) is 0. The minimum absolute atomic E-state index is 0.226. The van der Waals surface area contributed by atoms with E-state index >= 15 is 0 Å². The van der Waals surface area contributed by atoms with Crippen molar-refractivity contribution >= 4 is 16.9 Å². The molecule has 0 spiro atoms. The van der Waals surface area contributed by atoms with Crippen LogP contribution in [0.25, 0.3) is 22.2 Å². The van der Waals surface area contributed by atoms with Gasteiger partial charge in [-0.15, -0.1) is 0 Å². The zero-order valence-electron chi connectivity index (χ0n) is 19.7. The van der Waals surface area contributed by atoms with Crippen LogP contribution in [0.5, 0.6) is 0 Å². The van der Waals surface area contributed by atoms with Crippen molar-refractivity contribution in [1.82, 2.24) is 9.47 Å². The second-order valence-corrected chi connectivity index (χ2v) is 10.4. The summed E-state index contributed by atoms with van der Waals surface area (Å²) in [6.07, 6.45) is 8.21. The lowest BCUT2D eigenvalue weighted by atomic mass is 9.81. The monoisotopic (exact) mass is 458 g/mol. The van der Waals surface area contributed by atoms with Crippen LogP contribution in [-0.4, -0.2) is 45.3 Å². The predicted molar refractivity (Wildman–Crippen MR) is 134 cm³/mol. The molecule has 1 aliphatic carbocycles. The van der Waals surface area contributed by atoms with Crippen molar-refractivity contribution in [1.29, 1.82) is 0 Å². The molecule has 5 nitrogen and oxygen atoms in total. The van der Waals surface area contributed by atoms with Crippen LogP contribution < -0.4 is 0 Å². The minimum Gasteiger partial charge on any atom is -0.478 e. The first-order valence-electron chi connectivity index (χ1n) is 13.0. The standard InChI is InChI=1S/C29H34N2O3/c32-16-6-14-30-15-13-21-18-31-25-17-20(29(33)34)11-12-24(25)26(19-7-2-1-3-8-19)28(31)23-10-5-4-9-22(23)27(21)30/h4-5,9-12,17,19,21,27,32H,1-3,6-8,13-16,18H2,(H,33,34)/t21-,27+/m0/s1. The highest BCUT2D eigenvalue weighted by Gasteiger charge is 2.40. The highest BCUT2D eigenvalue weighted by atomic mass is 16.4. The summed E-state index contributed by atoms with van der Waals surface area (Å²) in [5.74, 6) is 0.142. The van der Waals surface area contributed by atoms with Gasteiger partial charge in [-0.2, -0.15) is 0 Å². The molecular weight excluding hydrogens is 424 g/mol. The van der Waals surface area contributed by atoms with Gasteiger partial charge in [0, 0.05) is 42.2 Å². The topological polar surface area (TPSA) is 65.7 Å².